The van der Waals surface area contributed by atoms with Gasteiger partial charge in [-0.15, -0.1) is 0 Å². The van der Waals surface area contributed by atoms with Crippen LogP contribution in [0.25, 0.3) is 22.5 Å². The Morgan fingerprint density at radius 1 is 1.10 bits per heavy atom. The first-order valence-electron chi connectivity index (χ1n) is 6.03. The van der Waals surface area contributed by atoms with Crippen LogP contribution < -0.4 is 5.73 Å². The number of hydrogen-bond acceptors (Lipinski definition) is 3. The average Bonchev–Trinajstić information content (AvgIpc) is 2.83. The van der Waals surface area contributed by atoms with E-state index in [2.05, 4.69) is 21.1 Å². The van der Waals surface area contributed by atoms with Crippen molar-refractivity contribution in [3.8, 4) is 22.5 Å². The third kappa shape index (κ3) is 2.42. The van der Waals surface area contributed by atoms with E-state index in [1.807, 2.05) is 6.07 Å². The Hall–Kier alpha value is -2.21. The van der Waals surface area contributed by atoms with E-state index in [0.29, 0.717) is 11.1 Å². The lowest BCUT2D eigenvalue weighted by Crippen LogP contribution is -1.92. The fourth-order valence-corrected chi connectivity index (χ4v) is 2.49. The van der Waals surface area contributed by atoms with Crippen LogP contribution in [0.5, 0.6) is 0 Å². The van der Waals surface area contributed by atoms with E-state index in [9.17, 15) is 8.78 Å². The molecule has 0 aliphatic carbocycles. The maximum Gasteiger partial charge on any atom is 0.179 e. The number of nitrogen functional groups attached to an aromatic ring is 1. The number of anilines is 1. The van der Waals surface area contributed by atoms with Crippen LogP contribution in [0.15, 0.2) is 51.5 Å². The maximum absolute atomic E-state index is 14.0. The minimum absolute atomic E-state index is 0.0193. The van der Waals surface area contributed by atoms with E-state index in [1.54, 1.807) is 18.2 Å². The molecule has 0 saturated carbocycles. The average molecular weight is 351 g/mol. The molecule has 2 aromatic carbocycles. The molecule has 0 amide bonds. The molecule has 3 aromatic rings. The second kappa shape index (κ2) is 5.29. The summed E-state index contributed by atoms with van der Waals surface area (Å²) in [7, 11) is 0. The van der Waals surface area contributed by atoms with Gasteiger partial charge in [0.2, 0.25) is 0 Å². The number of nitrogens with zero attached hydrogens (tertiary/aromatic N) is 1. The Labute approximate surface area is 127 Å². The molecule has 106 valence electrons. The van der Waals surface area contributed by atoms with Gasteiger partial charge in [0.15, 0.2) is 23.2 Å². The van der Waals surface area contributed by atoms with Gasteiger partial charge in [-0.3, -0.25) is 0 Å². The summed E-state index contributed by atoms with van der Waals surface area (Å²) >= 11 is 3.35. The summed E-state index contributed by atoms with van der Waals surface area (Å²) in [6, 6.07) is 11.1. The SMILES string of the molecule is Nc1noc(-c2cccc(F)c2F)c1-c1cccc(Br)c1. The summed E-state index contributed by atoms with van der Waals surface area (Å²) in [6.07, 6.45) is 0. The van der Waals surface area contributed by atoms with E-state index in [-0.39, 0.29) is 17.1 Å². The first-order valence-corrected chi connectivity index (χ1v) is 6.82. The molecule has 3 nitrogen and oxygen atoms in total. The molecule has 3 rings (SSSR count). The lowest BCUT2D eigenvalue weighted by Gasteiger charge is -2.05. The molecule has 0 bridgehead atoms. The molecule has 0 spiro atoms. The molecule has 6 heteroatoms. The fourth-order valence-electron chi connectivity index (χ4n) is 2.09. The molecule has 0 aliphatic rings. The summed E-state index contributed by atoms with van der Waals surface area (Å²) in [4.78, 5) is 0. The zero-order valence-electron chi connectivity index (χ0n) is 10.6. The minimum Gasteiger partial charge on any atom is -0.380 e. The van der Waals surface area contributed by atoms with Crippen molar-refractivity contribution in [2.45, 2.75) is 0 Å². The summed E-state index contributed by atoms with van der Waals surface area (Å²) in [6.45, 7) is 0. The molecule has 0 saturated heterocycles. The largest absolute Gasteiger partial charge is 0.380 e. The Balaban J connectivity index is 2.24. The van der Waals surface area contributed by atoms with Crippen LogP contribution in [0.4, 0.5) is 14.6 Å². The molecule has 0 atom stereocenters. The van der Waals surface area contributed by atoms with Crippen LogP contribution in [-0.2, 0) is 0 Å². The highest BCUT2D eigenvalue weighted by Gasteiger charge is 2.21. The number of hydrogen-bond donors (Lipinski definition) is 1. The van der Waals surface area contributed by atoms with Crippen molar-refractivity contribution in [2.24, 2.45) is 0 Å². The van der Waals surface area contributed by atoms with Gasteiger partial charge in [0.05, 0.1) is 11.1 Å². The molecule has 1 heterocycles. The second-order valence-corrected chi connectivity index (χ2v) is 5.30. The summed E-state index contributed by atoms with van der Waals surface area (Å²) in [5.41, 5.74) is 6.92. The number of benzene rings is 2. The predicted octanol–water partition coefficient (Wildman–Crippen LogP) is 4.63. The standard InChI is InChI=1S/C15H9BrF2N2O/c16-9-4-1-3-8(7-9)12-14(21-20-15(12)19)10-5-2-6-11(17)13(10)18/h1-7H,(H2,19,20). The molecular formula is C15H9BrF2N2O. The van der Waals surface area contributed by atoms with Crippen molar-refractivity contribution in [2.75, 3.05) is 5.73 Å². The van der Waals surface area contributed by atoms with Crippen LogP contribution in [0.1, 0.15) is 0 Å². The van der Waals surface area contributed by atoms with Crippen molar-refractivity contribution in [3.63, 3.8) is 0 Å². The van der Waals surface area contributed by atoms with Gasteiger partial charge in [-0.25, -0.2) is 8.78 Å². The summed E-state index contributed by atoms with van der Waals surface area (Å²) in [5.74, 6) is -1.73. The zero-order valence-corrected chi connectivity index (χ0v) is 12.2. The molecular weight excluding hydrogens is 342 g/mol. The summed E-state index contributed by atoms with van der Waals surface area (Å²) in [5, 5.41) is 3.67. The van der Waals surface area contributed by atoms with Gasteiger partial charge in [-0.05, 0) is 29.8 Å². The molecule has 0 fully saturated rings. The Kier molecular flexibility index (Phi) is 3.47. The Morgan fingerprint density at radius 3 is 2.62 bits per heavy atom. The summed E-state index contributed by atoms with van der Waals surface area (Å²) < 4.78 is 33.3. The topological polar surface area (TPSA) is 52.0 Å². The number of halogens is 3. The van der Waals surface area contributed by atoms with Gasteiger partial charge in [0.25, 0.3) is 0 Å². The fraction of sp³-hybridized carbons (Fsp3) is 0. The molecule has 0 unspecified atom stereocenters. The smallest absolute Gasteiger partial charge is 0.179 e. The van der Waals surface area contributed by atoms with Gasteiger partial charge in [-0.1, -0.05) is 39.3 Å². The number of aromatic nitrogens is 1. The molecule has 2 N–H and O–H groups in total. The quantitative estimate of drug-likeness (QED) is 0.732. The van der Waals surface area contributed by atoms with Gasteiger partial charge >= 0.3 is 0 Å². The van der Waals surface area contributed by atoms with E-state index in [0.717, 1.165) is 10.5 Å². The molecule has 0 aliphatic heterocycles. The van der Waals surface area contributed by atoms with E-state index in [4.69, 9.17) is 10.3 Å². The minimum atomic E-state index is -0.995. The van der Waals surface area contributed by atoms with E-state index < -0.39 is 11.6 Å². The molecule has 0 radical (unpaired) electrons. The highest BCUT2D eigenvalue weighted by Crippen LogP contribution is 2.38. The highest BCUT2D eigenvalue weighted by atomic mass is 79.9. The Bertz CT molecular complexity index is 817. The van der Waals surface area contributed by atoms with E-state index in [1.165, 1.54) is 12.1 Å². The van der Waals surface area contributed by atoms with Crippen molar-refractivity contribution in [1.82, 2.24) is 5.16 Å². The highest BCUT2D eigenvalue weighted by molar-refractivity contribution is 9.10. The maximum atomic E-state index is 14.0. The van der Waals surface area contributed by atoms with Gasteiger partial charge in [0.1, 0.15) is 0 Å². The van der Waals surface area contributed by atoms with Crippen molar-refractivity contribution >= 4 is 21.7 Å². The molecule has 21 heavy (non-hydrogen) atoms. The van der Waals surface area contributed by atoms with Gasteiger partial charge in [0, 0.05) is 4.47 Å². The van der Waals surface area contributed by atoms with Gasteiger partial charge < -0.3 is 10.3 Å². The lowest BCUT2D eigenvalue weighted by atomic mass is 10.0. The predicted molar refractivity (Wildman–Crippen MR) is 79.4 cm³/mol. The normalized spacial score (nSPS) is 10.8. The van der Waals surface area contributed by atoms with Crippen molar-refractivity contribution in [3.05, 3.63) is 58.6 Å². The zero-order chi connectivity index (χ0) is 15.0. The number of nitrogens with two attached hydrogens (primary N) is 1. The lowest BCUT2D eigenvalue weighted by molar-refractivity contribution is 0.430. The van der Waals surface area contributed by atoms with Crippen LogP contribution in [-0.4, -0.2) is 5.16 Å². The van der Waals surface area contributed by atoms with Crippen LogP contribution in [0.2, 0.25) is 0 Å². The van der Waals surface area contributed by atoms with Crippen molar-refractivity contribution in [1.29, 1.82) is 0 Å². The molecule has 1 aromatic heterocycles. The first-order chi connectivity index (χ1) is 10.1. The van der Waals surface area contributed by atoms with E-state index >= 15 is 0 Å². The Morgan fingerprint density at radius 2 is 1.86 bits per heavy atom. The first kappa shape index (κ1) is 13.8. The third-order valence-electron chi connectivity index (χ3n) is 3.03. The van der Waals surface area contributed by atoms with Crippen LogP contribution >= 0.6 is 15.9 Å². The monoisotopic (exact) mass is 350 g/mol. The van der Waals surface area contributed by atoms with Gasteiger partial charge in [-0.2, -0.15) is 0 Å². The van der Waals surface area contributed by atoms with Crippen LogP contribution in [0.3, 0.4) is 0 Å². The van der Waals surface area contributed by atoms with Crippen LogP contribution in [0, 0.1) is 11.6 Å². The second-order valence-electron chi connectivity index (χ2n) is 4.38. The number of rotatable bonds is 2. The van der Waals surface area contributed by atoms with Crippen molar-refractivity contribution < 1.29 is 13.3 Å². The third-order valence-corrected chi connectivity index (χ3v) is 3.52.